The van der Waals surface area contributed by atoms with Crippen LogP contribution in [0.15, 0.2) is 33.5 Å². The molecule has 0 N–H and O–H groups in total. The second kappa shape index (κ2) is 4.58. The average Bonchev–Trinajstić information content (AvgIpc) is 2.99. The predicted molar refractivity (Wildman–Crippen MR) is 68.1 cm³/mol. The molecule has 0 spiro atoms. The fraction of sp³-hybridized carbons (Fsp3) is 0.300. The molecule has 88 valence electrons. The van der Waals surface area contributed by atoms with Crippen molar-refractivity contribution >= 4 is 33.0 Å². The van der Waals surface area contributed by atoms with Crippen LogP contribution < -0.4 is 0 Å². The summed E-state index contributed by atoms with van der Waals surface area (Å²) in [5.41, 5.74) is 1.01. The average molecular weight is 313 g/mol. The number of halogens is 1. The molecule has 0 aliphatic carbocycles. The van der Waals surface area contributed by atoms with E-state index in [0.29, 0.717) is 6.54 Å². The number of thiophene rings is 1. The summed E-state index contributed by atoms with van der Waals surface area (Å²) in [5.74, 6) is 0. The van der Waals surface area contributed by atoms with E-state index in [0.717, 1.165) is 20.8 Å². The van der Waals surface area contributed by atoms with Gasteiger partial charge in [-0.15, -0.1) is 16.4 Å². The van der Waals surface area contributed by atoms with Crippen LogP contribution in [0.2, 0.25) is 0 Å². The Morgan fingerprint density at radius 3 is 3.18 bits per heavy atom. The van der Waals surface area contributed by atoms with E-state index in [1.165, 1.54) is 0 Å². The van der Waals surface area contributed by atoms with Crippen LogP contribution in [0.3, 0.4) is 0 Å². The second-order valence-electron chi connectivity index (χ2n) is 3.70. The van der Waals surface area contributed by atoms with Gasteiger partial charge in [0.2, 0.25) is 0 Å². The zero-order valence-electron chi connectivity index (χ0n) is 8.78. The van der Waals surface area contributed by atoms with Gasteiger partial charge in [0.25, 0.3) is 0 Å². The topological polar surface area (TPSA) is 52.3 Å². The normalized spacial score (nSPS) is 19.1. The molecule has 1 aliphatic rings. The smallest absolute Gasteiger partial charge is 0.152 e. The summed E-state index contributed by atoms with van der Waals surface area (Å²) in [5, 5.41) is 11.8. The van der Waals surface area contributed by atoms with Crippen LogP contribution in [0.25, 0.3) is 0 Å². The highest BCUT2D eigenvalue weighted by Crippen LogP contribution is 2.26. The number of hydrogen-bond donors (Lipinski definition) is 0. The molecule has 0 aromatic carbocycles. The van der Waals surface area contributed by atoms with Gasteiger partial charge in [-0.2, -0.15) is 0 Å². The molecule has 7 heteroatoms. The summed E-state index contributed by atoms with van der Waals surface area (Å²) in [6.45, 7) is 0.680. The molecule has 2 aromatic heterocycles. The molecule has 3 rings (SSSR count). The number of aromatic nitrogens is 3. The Labute approximate surface area is 110 Å². The maximum atomic E-state index is 5.39. The van der Waals surface area contributed by atoms with Crippen molar-refractivity contribution in [3.8, 4) is 0 Å². The third-order valence-corrected chi connectivity index (χ3v) is 4.13. The summed E-state index contributed by atoms with van der Waals surface area (Å²) in [6, 6.07) is 4.07. The van der Waals surface area contributed by atoms with Crippen molar-refractivity contribution in [3.63, 3.8) is 0 Å². The molecule has 0 radical (unpaired) electrons. The van der Waals surface area contributed by atoms with Crippen molar-refractivity contribution in [2.24, 2.45) is 5.16 Å². The Bertz CT molecular complexity index is 536. The third kappa shape index (κ3) is 2.39. The Kier molecular flexibility index (Phi) is 2.94. The van der Waals surface area contributed by atoms with E-state index in [9.17, 15) is 0 Å². The van der Waals surface area contributed by atoms with Gasteiger partial charge in [-0.3, -0.25) is 0 Å². The fourth-order valence-electron chi connectivity index (χ4n) is 1.68. The first-order valence-electron chi connectivity index (χ1n) is 5.14. The lowest BCUT2D eigenvalue weighted by Gasteiger charge is -2.06. The molecule has 0 saturated heterocycles. The molecule has 17 heavy (non-hydrogen) atoms. The molecule has 0 bridgehead atoms. The Morgan fingerprint density at radius 2 is 2.47 bits per heavy atom. The van der Waals surface area contributed by atoms with Crippen molar-refractivity contribution in [3.05, 3.63) is 33.2 Å². The summed E-state index contributed by atoms with van der Waals surface area (Å²) in [4.78, 5) is 6.54. The summed E-state index contributed by atoms with van der Waals surface area (Å²) >= 11 is 5.11. The first-order chi connectivity index (χ1) is 8.31. The van der Waals surface area contributed by atoms with E-state index in [4.69, 9.17) is 4.84 Å². The van der Waals surface area contributed by atoms with Crippen LogP contribution in [0.5, 0.6) is 0 Å². The van der Waals surface area contributed by atoms with E-state index in [-0.39, 0.29) is 6.10 Å². The lowest BCUT2D eigenvalue weighted by atomic mass is 10.1. The zero-order valence-corrected chi connectivity index (χ0v) is 11.2. The Balaban J connectivity index is 1.65. The zero-order chi connectivity index (χ0) is 11.7. The monoisotopic (exact) mass is 312 g/mol. The predicted octanol–water partition coefficient (Wildman–Crippen LogP) is 2.30. The molecule has 1 atom stereocenters. The van der Waals surface area contributed by atoms with Gasteiger partial charge in [-0.25, -0.2) is 4.68 Å². The van der Waals surface area contributed by atoms with Gasteiger partial charge in [0.05, 0.1) is 21.4 Å². The second-order valence-corrected chi connectivity index (χ2v) is 6.16. The van der Waals surface area contributed by atoms with Gasteiger partial charge in [-0.05, 0) is 28.1 Å². The SMILES string of the molecule is Brc1ccc(C2=NOC(Cn3ccnn3)C2)s1. The molecular weight excluding hydrogens is 304 g/mol. The Morgan fingerprint density at radius 1 is 1.53 bits per heavy atom. The quantitative estimate of drug-likeness (QED) is 0.873. The van der Waals surface area contributed by atoms with Crippen LogP contribution in [0.1, 0.15) is 11.3 Å². The number of nitrogens with zero attached hydrogens (tertiary/aromatic N) is 4. The molecule has 0 saturated carbocycles. The molecule has 1 aliphatic heterocycles. The lowest BCUT2D eigenvalue weighted by Crippen LogP contribution is -2.17. The summed E-state index contributed by atoms with van der Waals surface area (Å²) < 4.78 is 2.86. The Hall–Kier alpha value is -1.21. The van der Waals surface area contributed by atoms with Crippen LogP contribution in [-0.2, 0) is 11.4 Å². The van der Waals surface area contributed by atoms with Crippen molar-refractivity contribution in [1.29, 1.82) is 0 Å². The highest BCUT2D eigenvalue weighted by molar-refractivity contribution is 9.11. The van der Waals surface area contributed by atoms with Crippen molar-refractivity contribution < 1.29 is 4.84 Å². The standard InChI is InChI=1S/C10H9BrN4OS/c11-10-2-1-9(17-10)8-5-7(16-13-8)6-15-4-3-12-14-15/h1-4,7H,5-6H2. The molecule has 0 fully saturated rings. The summed E-state index contributed by atoms with van der Waals surface area (Å²) in [7, 11) is 0. The van der Waals surface area contributed by atoms with Crippen LogP contribution in [0.4, 0.5) is 0 Å². The van der Waals surface area contributed by atoms with Gasteiger partial charge in [-0.1, -0.05) is 10.4 Å². The van der Waals surface area contributed by atoms with Gasteiger partial charge in [0.1, 0.15) is 5.71 Å². The lowest BCUT2D eigenvalue weighted by molar-refractivity contribution is 0.0693. The van der Waals surface area contributed by atoms with Gasteiger partial charge >= 0.3 is 0 Å². The third-order valence-electron chi connectivity index (χ3n) is 2.45. The summed E-state index contributed by atoms with van der Waals surface area (Å²) in [6.07, 6.45) is 4.34. The van der Waals surface area contributed by atoms with E-state index in [1.807, 2.05) is 12.3 Å². The molecule has 2 aromatic rings. The highest BCUT2D eigenvalue weighted by Gasteiger charge is 2.23. The molecule has 1 unspecified atom stereocenters. The van der Waals surface area contributed by atoms with Gasteiger partial charge < -0.3 is 4.84 Å². The van der Waals surface area contributed by atoms with E-state index >= 15 is 0 Å². The minimum atomic E-state index is 0.0487. The van der Waals surface area contributed by atoms with E-state index in [1.54, 1.807) is 22.2 Å². The molecule has 3 heterocycles. The first kappa shape index (κ1) is 10.9. The van der Waals surface area contributed by atoms with E-state index < -0.39 is 0 Å². The maximum Gasteiger partial charge on any atom is 0.152 e. The van der Waals surface area contributed by atoms with Crippen molar-refractivity contribution in [2.75, 3.05) is 0 Å². The number of oxime groups is 1. The van der Waals surface area contributed by atoms with Gasteiger partial charge in [0, 0.05) is 12.6 Å². The largest absolute Gasteiger partial charge is 0.390 e. The van der Waals surface area contributed by atoms with Crippen molar-refractivity contribution in [2.45, 2.75) is 19.1 Å². The highest BCUT2D eigenvalue weighted by atomic mass is 79.9. The number of rotatable bonds is 3. The van der Waals surface area contributed by atoms with Crippen LogP contribution >= 0.6 is 27.3 Å². The molecule has 5 nitrogen and oxygen atoms in total. The first-order valence-corrected chi connectivity index (χ1v) is 6.75. The fourth-order valence-corrected chi connectivity index (χ4v) is 3.06. The van der Waals surface area contributed by atoms with Crippen LogP contribution in [0, 0.1) is 0 Å². The van der Waals surface area contributed by atoms with Crippen LogP contribution in [-0.4, -0.2) is 26.8 Å². The minimum Gasteiger partial charge on any atom is -0.390 e. The van der Waals surface area contributed by atoms with Crippen molar-refractivity contribution in [1.82, 2.24) is 15.0 Å². The number of hydrogen-bond acceptors (Lipinski definition) is 5. The maximum absolute atomic E-state index is 5.39. The minimum absolute atomic E-state index is 0.0487. The van der Waals surface area contributed by atoms with Gasteiger partial charge in [0.15, 0.2) is 6.10 Å². The van der Waals surface area contributed by atoms with E-state index in [2.05, 4.69) is 37.5 Å². The molecule has 0 amide bonds. The molecular formula is C10H9BrN4OS.